The number of imidazole rings is 1. The van der Waals surface area contributed by atoms with Crippen LogP contribution in [0.15, 0.2) is 48.5 Å². The molecule has 2 aliphatic heterocycles. The van der Waals surface area contributed by atoms with E-state index in [0.717, 1.165) is 54.7 Å². The van der Waals surface area contributed by atoms with E-state index in [1.165, 1.54) is 0 Å². The van der Waals surface area contributed by atoms with Crippen LogP contribution in [0.1, 0.15) is 43.5 Å². The van der Waals surface area contributed by atoms with Crippen molar-refractivity contribution in [2.24, 2.45) is 11.7 Å². The van der Waals surface area contributed by atoms with Gasteiger partial charge in [0.05, 0.1) is 30.7 Å². The smallest absolute Gasteiger partial charge is 0.243 e. The lowest BCUT2D eigenvalue weighted by molar-refractivity contribution is -0.140. The molecule has 2 aliphatic rings. The van der Waals surface area contributed by atoms with Crippen LogP contribution in [0.3, 0.4) is 0 Å². The van der Waals surface area contributed by atoms with E-state index >= 15 is 0 Å². The summed E-state index contributed by atoms with van der Waals surface area (Å²) < 4.78 is 5.26. The number of aromatic amines is 1. The number of para-hydroxylation sites is 2. The molecule has 5 rings (SSSR count). The quantitative estimate of drug-likeness (QED) is 0.358. The minimum absolute atomic E-state index is 0.0414. The first-order chi connectivity index (χ1) is 19.4. The Morgan fingerprint density at radius 1 is 1.12 bits per heavy atom. The number of nitrogens with one attached hydrogen (secondary N) is 2. The second-order valence-corrected chi connectivity index (χ2v) is 10.8. The van der Waals surface area contributed by atoms with Gasteiger partial charge in [-0.3, -0.25) is 14.4 Å². The predicted octanol–water partition coefficient (Wildman–Crippen LogP) is 2.38. The number of amides is 3. The Balaban J connectivity index is 1.24. The van der Waals surface area contributed by atoms with Gasteiger partial charge < -0.3 is 30.6 Å². The van der Waals surface area contributed by atoms with Crippen molar-refractivity contribution in [3.05, 3.63) is 59.9 Å². The minimum Gasteiger partial charge on any atom is -0.497 e. The number of benzene rings is 2. The van der Waals surface area contributed by atoms with Crippen LogP contribution < -0.4 is 15.8 Å². The lowest BCUT2D eigenvalue weighted by Gasteiger charge is -2.27. The van der Waals surface area contributed by atoms with Crippen molar-refractivity contribution in [3.63, 3.8) is 0 Å². The van der Waals surface area contributed by atoms with Crippen LogP contribution in [-0.4, -0.2) is 76.3 Å². The van der Waals surface area contributed by atoms with E-state index < -0.39 is 12.1 Å². The molecule has 4 N–H and O–H groups in total. The summed E-state index contributed by atoms with van der Waals surface area (Å²) >= 11 is 0. The first kappa shape index (κ1) is 27.6. The van der Waals surface area contributed by atoms with E-state index in [-0.39, 0.29) is 43.0 Å². The number of fused-ring (bicyclic) bond motifs is 1. The second kappa shape index (κ2) is 12.5. The summed E-state index contributed by atoms with van der Waals surface area (Å²) in [6.45, 7) is 2.20. The highest BCUT2D eigenvalue weighted by Crippen LogP contribution is 2.28. The number of nitrogens with two attached hydrogens (primary N) is 1. The van der Waals surface area contributed by atoms with Crippen molar-refractivity contribution in [2.75, 3.05) is 26.7 Å². The number of rotatable bonds is 10. The highest BCUT2D eigenvalue weighted by molar-refractivity contribution is 5.90. The number of hydrogen-bond donors (Lipinski definition) is 3. The standard InChI is InChI=1S/C30H38N6O4/c1-40-22-10-8-20(9-11-22)16-21-17-26(29(38)32-18-27-33-24-6-2-3-7-25(24)34-27)36(19-21)30(39)23(31)12-13-28(37)35-14-4-5-15-35/h2-3,6-11,21,23,26H,4-5,12-19,31H2,1H3,(H,32,38)(H,33,34). The molecule has 0 bridgehead atoms. The Labute approximate surface area is 234 Å². The third-order valence-corrected chi connectivity index (χ3v) is 7.97. The fourth-order valence-electron chi connectivity index (χ4n) is 5.78. The molecule has 2 aromatic carbocycles. The van der Waals surface area contributed by atoms with E-state index in [1.54, 1.807) is 12.0 Å². The maximum Gasteiger partial charge on any atom is 0.243 e. The average molecular weight is 547 g/mol. The maximum atomic E-state index is 13.5. The molecule has 2 saturated heterocycles. The normalized spacial score (nSPS) is 19.6. The lowest BCUT2D eigenvalue weighted by atomic mass is 9.96. The summed E-state index contributed by atoms with van der Waals surface area (Å²) in [5, 5.41) is 2.97. The van der Waals surface area contributed by atoms with Crippen LogP contribution in [0.5, 0.6) is 5.75 Å². The molecule has 3 amide bonds. The number of nitrogens with zero attached hydrogens (tertiary/aromatic N) is 3. The SMILES string of the molecule is COc1ccc(CC2CC(C(=O)NCc3nc4ccccc4[nH]3)N(C(=O)C(N)CCC(=O)N3CCCC3)C2)cc1. The van der Waals surface area contributed by atoms with E-state index in [9.17, 15) is 14.4 Å². The van der Waals surface area contributed by atoms with Crippen molar-refractivity contribution >= 4 is 28.8 Å². The number of carbonyl (C=O) groups excluding carboxylic acids is 3. The van der Waals surface area contributed by atoms with Crippen LogP contribution in [0.25, 0.3) is 11.0 Å². The molecule has 3 aromatic rings. The molecule has 0 aliphatic carbocycles. The lowest BCUT2D eigenvalue weighted by Crippen LogP contribution is -2.51. The summed E-state index contributed by atoms with van der Waals surface area (Å²) in [6.07, 6.45) is 3.79. The predicted molar refractivity (Wildman–Crippen MR) is 151 cm³/mol. The van der Waals surface area contributed by atoms with Crippen LogP contribution >= 0.6 is 0 Å². The van der Waals surface area contributed by atoms with Gasteiger partial charge in [0.15, 0.2) is 0 Å². The molecule has 1 aromatic heterocycles. The molecule has 10 heteroatoms. The zero-order chi connectivity index (χ0) is 28.1. The topological polar surface area (TPSA) is 134 Å². The molecular formula is C30H38N6O4. The van der Waals surface area contributed by atoms with Gasteiger partial charge in [-0.1, -0.05) is 24.3 Å². The van der Waals surface area contributed by atoms with Crippen molar-refractivity contribution in [1.29, 1.82) is 0 Å². The average Bonchev–Trinajstić information content (AvgIpc) is 3.74. The van der Waals surface area contributed by atoms with E-state index in [1.807, 2.05) is 53.4 Å². The molecule has 0 spiro atoms. The zero-order valence-electron chi connectivity index (χ0n) is 23.0. The van der Waals surface area contributed by atoms with Crippen molar-refractivity contribution < 1.29 is 19.1 Å². The molecule has 212 valence electrons. The number of hydrogen-bond acceptors (Lipinski definition) is 6. The summed E-state index contributed by atoms with van der Waals surface area (Å²) in [7, 11) is 1.63. The summed E-state index contributed by atoms with van der Waals surface area (Å²) in [6, 6.07) is 14.1. The van der Waals surface area contributed by atoms with Gasteiger partial charge in [-0.2, -0.15) is 0 Å². The monoisotopic (exact) mass is 546 g/mol. The van der Waals surface area contributed by atoms with Gasteiger partial charge in [0, 0.05) is 26.1 Å². The van der Waals surface area contributed by atoms with Crippen LogP contribution in [0, 0.1) is 5.92 Å². The van der Waals surface area contributed by atoms with Crippen molar-refractivity contribution in [1.82, 2.24) is 25.1 Å². The maximum absolute atomic E-state index is 13.5. The number of carbonyl (C=O) groups is 3. The summed E-state index contributed by atoms with van der Waals surface area (Å²) in [4.78, 5) is 50.7. The first-order valence-corrected chi connectivity index (χ1v) is 14.1. The van der Waals surface area contributed by atoms with Crippen LogP contribution in [0.4, 0.5) is 0 Å². The molecule has 3 heterocycles. The molecule has 2 fully saturated rings. The zero-order valence-corrected chi connectivity index (χ0v) is 23.0. The first-order valence-electron chi connectivity index (χ1n) is 14.1. The Kier molecular flexibility index (Phi) is 8.64. The fraction of sp³-hybridized carbons (Fsp3) is 0.467. The number of H-pyrrole nitrogens is 1. The highest BCUT2D eigenvalue weighted by Gasteiger charge is 2.41. The summed E-state index contributed by atoms with van der Waals surface area (Å²) in [5.41, 5.74) is 9.17. The third kappa shape index (κ3) is 6.44. The number of ether oxygens (including phenoxy) is 1. The number of aromatic nitrogens is 2. The Morgan fingerprint density at radius 3 is 2.60 bits per heavy atom. The third-order valence-electron chi connectivity index (χ3n) is 7.97. The van der Waals surface area contributed by atoms with Crippen molar-refractivity contribution in [3.8, 4) is 5.75 Å². The largest absolute Gasteiger partial charge is 0.497 e. The van der Waals surface area contributed by atoms with Gasteiger partial charge >= 0.3 is 0 Å². The molecular weight excluding hydrogens is 508 g/mol. The minimum atomic E-state index is -0.836. The van der Waals surface area contributed by atoms with Gasteiger partial charge in [0.2, 0.25) is 17.7 Å². The van der Waals surface area contributed by atoms with Gasteiger partial charge in [-0.05, 0) is 67.9 Å². The molecule has 0 saturated carbocycles. The van der Waals surface area contributed by atoms with E-state index in [0.29, 0.717) is 18.8 Å². The van der Waals surface area contributed by atoms with Crippen LogP contribution in [-0.2, 0) is 27.3 Å². The molecule has 3 atom stereocenters. The molecule has 10 nitrogen and oxygen atoms in total. The Bertz CT molecular complexity index is 1300. The molecule has 0 radical (unpaired) electrons. The van der Waals surface area contributed by atoms with Crippen LogP contribution in [0.2, 0.25) is 0 Å². The van der Waals surface area contributed by atoms with E-state index in [2.05, 4.69) is 15.3 Å². The van der Waals surface area contributed by atoms with Gasteiger partial charge in [0.25, 0.3) is 0 Å². The van der Waals surface area contributed by atoms with E-state index in [4.69, 9.17) is 10.5 Å². The second-order valence-electron chi connectivity index (χ2n) is 10.8. The molecule has 3 unspecified atom stereocenters. The Hall–Kier alpha value is -3.92. The highest BCUT2D eigenvalue weighted by atomic mass is 16.5. The number of likely N-dealkylation sites (tertiary alicyclic amines) is 2. The Morgan fingerprint density at radius 2 is 1.88 bits per heavy atom. The van der Waals surface area contributed by atoms with Gasteiger partial charge in [-0.15, -0.1) is 0 Å². The summed E-state index contributed by atoms with van der Waals surface area (Å²) in [5.74, 6) is 1.06. The van der Waals surface area contributed by atoms with Crippen molar-refractivity contribution in [2.45, 2.75) is 57.2 Å². The molecule has 40 heavy (non-hydrogen) atoms. The fourth-order valence-corrected chi connectivity index (χ4v) is 5.78. The van der Waals surface area contributed by atoms with Gasteiger partial charge in [0.1, 0.15) is 17.6 Å². The van der Waals surface area contributed by atoms with Gasteiger partial charge in [-0.25, -0.2) is 4.98 Å². The number of methoxy groups -OCH3 is 1.